The third-order valence-electron chi connectivity index (χ3n) is 0.477. The summed E-state index contributed by atoms with van der Waals surface area (Å²) in [5.74, 6) is 0. The lowest BCUT2D eigenvalue weighted by Crippen LogP contribution is -1.79. The molecule has 0 N–H and O–H groups in total. The van der Waals surface area contributed by atoms with Crippen LogP contribution in [0.5, 0.6) is 0 Å². The summed E-state index contributed by atoms with van der Waals surface area (Å²) >= 11 is 0. The second kappa shape index (κ2) is 4.23. The van der Waals surface area contributed by atoms with Crippen LogP contribution in [0.1, 0.15) is 13.3 Å². The Kier molecular flexibility index (Phi) is 4.26. The van der Waals surface area contributed by atoms with E-state index in [0.29, 0.717) is 6.61 Å². The average Bonchev–Trinajstić information content (AvgIpc) is 1.61. The molecule has 0 aromatic heterocycles. The van der Waals surface area contributed by atoms with Crippen molar-refractivity contribution in [3.8, 4) is 0 Å². The van der Waals surface area contributed by atoms with E-state index in [2.05, 4.69) is 0 Å². The maximum atomic E-state index is 10.1. The van der Waals surface area contributed by atoms with Crippen LogP contribution in [0.25, 0.3) is 0 Å². The Hall–Kier alpha value is 0.0600. The van der Waals surface area contributed by atoms with Crippen molar-refractivity contribution in [3.63, 3.8) is 0 Å². The van der Waals surface area contributed by atoms with Gasteiger partial charge in [0.2, 0.25) is 8.03 Å². The molecule has 0 saturated carbocycles. The van der Waals surface area contributed by atoms with E-state index in [-0.39, 0.29) is 0 Å². The topological polar surface area (TPSA) is 26.3 Å². The first-order chi connectivity index (χ1) is 3.27. The van der Waals surface area contributed by atoms with E-state index >= 15 is 0 Å². The number of hydrogen-bond acceptors (Lipinski definition) is 2. The Morgan fingerprint density at radius 2 is 2.29 bits per heavy atom. The molecule has 0 aliphatic carbocycles. The van der Waals surface area contributed by atoms with Crippen molar-refractivity contribution in [2.24, 2.45) is 0 Å². The molecule has 0 heterocycles. The summed E-state index contributed by atoms with van der Waals surface area (Å²) in [5, 5.41) is 0. The van der Waals surface area contributed by atoms with Crippen LogP contribution >= 0.6 is 8.03 Å². The summed E-state index contributed by atoms with van der Waals surface area (Å²) in [6, 6.07) is 0. The zero-order valence-electron chi connectivity index (χ0n) is 4.68. The third-order valence-corrected chi connectivity index (χ3v) is 1.02. The Morgan fingerprint density at radius 1 is 1.71 bits per heavy atom. The van der Waals surface area contributed by atoms with Crippen LogP contribution in [-0.2, 0) is 9.09 Å². The smallest absolute Gasteiger partial charge is 0.209 e. The van der Waals surface area contributed by atoms with Gasteiger partial charge in [-0.15, -0.1) is 0 Å². The highest BCUT2D eigenvalue weighted by Crippen LogP contribution is 2.14. The molecule has 0 aromatic rings. The molecule has 0 rings (SSSR count). The Bertz CT molecular complexity index is 62.7. The van der Waals surface area contributed by atoms with Crippen LogP contribution in [0.3, 0.4) is 0 Å². The Morgan fingerprint density at radius 3 is 2.43 bits per heavy atom. The third kappa shape index (κ3) is 6.06. The molecular formula is C4H10O2P. The van der Waals surface area contributed by atoms with Crippen molar-refractivity contribution in [1.29, 1.82) is 0 Å². The van der Waals surface area contributed by atoms with Gasteiger partial charge in [-0.3, -0.25) is 4.57 Å². The van der Waals surface area contributed by atoms with Crippen molar-refractivity contribution < 1.29 is 9.09 Å². The quantitative estimate of drug-likeness (QED) is 0.532. The largest absolute Gasteiger partial charge is 0.304 e. The predicted octanol–water partition coefficient (Wildman–Crippen LogP) is 1.79. The van der Waals surface area contributed by atoms with Gasteiger partial charge in [0.05, 0.1) is 6.61 Å². The Labute approximate surface area is 44.7 Å². The maximum Gasteiger partial charge on any atom is 0.209 e. The van der Waals surface area contributed by atoms with Crippen molar-refractivity contribution in [2.45, 2.75) is 13.3 Å². The highest BCUT2D eigenvalue weighted by Gasteiger charge is 1.85. The first-order valence-corrected chi connectivity index (χ1v) is 3.93. The summed E-state index contributed by atoms with van der Waals surface area (Å²) in [6.45, 7) is 4.16. The molecule has 0 saturated heterocycles. The Balaban J connectivity index is 2.82. The van der Waals surface area contributed by atoms with Gasteiger partial charge < -0.3 is 4.52 Å². The summed E-state index contributed by atoms with van der Waals surface area (Å²) in [4.78, 5) is 0. The molecule has 43 valence electrons. The molecule has 7 heavy (non-hydrogen) atoms. The molecular weight excluding hydrogens is 111 g/mol. The minimum absolute atomic E-state index is 0.617. The van der Waals surface area contributed by atoms with Crippen LogP contribution in [0.2, 0.25) is 0 Å². The molecule has 0 amide bonds. The minimum Gasteiger partial charge on any atom is -0.304 e. The van der Waals surface area contributed by atoms with Crippen LogP contribution in [0.15, 0.2) is 0 Å². The highest BCUT2D eigenvalue weighted by atomic mass is 31.1. The second-order valence-corrected chi connectivity index (χ2v) is 2.41. The average molecular weight is 121 g/mol. The van der Waals surface area contributed by atoms with Crippen molar-refractivity contribution in [1.82, 2.24) is 0 Å². The van der Waals surface area contributed by atoms with E-state index in [1.165, 1.54) is 0 Å². The maximum absolute atomic E-state index is 10.1. The standard InChI is InChI=1S/C4H10O2P/c1-3-4-6-7(2)5/h3-4H2,1-2H3. The zero-order chi connectivity index (χ0) is 5.70. The fourth-order valence-corrected chi connectivity index (χ4v) is 0.660. The molecule has 0 aromatic carbocycles. The summed E-state index contributed by atoms with van der Waals surface area (Å²) in [7, 11) is -1.36. The number of hydrogen-bond donors (Lipinski definition) is 0. The summed E-state index contributed by atoms with van der Waals surface area (Å²) in [5.41, 5.74) is 0. The van der Waals surface area contributed by atoms with Crippen molar-refractivity contribution >= 4 is 8.03 Å². The fraction of sp³-hybridized carbons (Fsp3) is 1.00. The van der Waals surface area contributed by atoms with Crippen LogP contribution in [0.4, 0.5) is 0 Å². The van der Waals surface area contributed by atoms with E-state index in [1.807, 2.05) is 6.92 Å². The molecule has 2 nitrogen and oxygen atoms in total. The summed E-state index contributed by atoms with van der Waals surface area (Å²) in [6.07, 6.45) is 0.939. The molecule has 1 unspecified atom stereocenters. The highest BCUT2D eigenvalue weighted by molar-refractivity contribution is 7.38. The monoisotopic (exact) mass is 121 g/mol. The lowest BCUT2D eigenvalue weighted by molar-refractivity contribution is 0.332. The van der Waals surface area contributed by atoms with Crippen molar-refractivity contribution in [3.05, 3.63) is 0 Å². The first kappa shape index (κ1) is 7.06. The zero-order valence-corrected chi connectivity index (χ0v) is 5.57. The molecule has 3 heteroatoms. The van der Waals surface area contributed by atoms with Gasteiger partial charge in [0, 0.05) is 6.66 Å². The van der Waals surface area contributed by atoms with Gasteiger partial charge in [-0.2, -0.15) is 0 Å². The fourth-order valence-electron chi connectivity index (χ4n) is 0.220. The van der Waals surface area contributed by atoms with Crippen LogP contribution < -0.4 is 0 Å². The minimum atomic E-state index is -1.36. The first-order valence-electron chi connectivity index (χ1n) is 2.31. The lowest BCUT2D eigenvalue weighted by atomic mass is 10.5. The summed E-state index contributed by atoms with van der Waals surface area (Å²) < 4.78 is 14.8. The van der Waals surface area contributed by atoms with Gasteiger partial charge >= 0.3 is 0 Å². The lowest BCUT2D eigenvalue weighted by Gasteiger charge is -1.90. The predicted molar refractivity (Wildman–Crippen MR) is 29.8 cm³/mol. The van der Waals surface area contributed by atoms with Crippen molar-refractivity contribution in [2.75, 3.05) is 13.3 Å². The van der Waals surface area contributed by atoms with Gasteiger partial charge in [-0.05, 0) is 6.42 Å². The molecule has 1 atom stereocenters. The van der Waals surface area contributed by atoms with E-state index < -0.39 is 8.03 Å². The molecule has 0 aliphatic rings. The molecule has 0 fully saturated rings. The van der Waals surface area contributed by atoms with E-state index in [0.717, 1.165) is 6.42 Å². The molecule has 1 radical (unpaired) electrons. The van der Waals surface area contributed by atoms with E-state index in [4.69, 9.17) is 4.52 Å². The normalized spacial score (nSPS) is 11.4. The van der Waals surface area contributed by atoms with Gasteiger partial charge in [-0.25, -0.2) is 0 Å². The van der Waals surface area contributed by atoms with Gasteiger partial charge in [-0.1, -0.05) is 6.92 Å². The van der Waals surface area contributed by atoms with Gasteiger partial charge in [0.1, 0.15) is 0 Å². The second-order valence-electron chi connectivity index (χ2n) is 1.27. The van der Waals surface area contributed by atoms with Gasteiger partial charge in [0.25, 0.3) is 0 Å². The van der Waals surface area contributed by atoms with E-state index in [9.17, 15) is 4.57 Å². The molecule has 0 spiro atoms. The van der Waals surface area contributed by atoms with Gasteiger partial charge in [0.15, 0.2) is 0 Å². The van der Waals surface area contributed by atoms with Crippen LogP contribution in [-0.4, -0.2) is 13.3 Å². The number of rotatable bonds is 3. The molecule has 0 aliphatic heterocycles. The van der Waals surface area contributed by atoms with Crippen LogP contribution in [0, 0.1) is 0 Å². The van der Waals surface area contributed by atoms with E-state index in [1.54, 1.807) is 6.66 Å². The molecule has 0 bridgehead atoms. The SMILES string of the molecule is CCCO[P](C)=O.